The molecule has 0 aromatic heterocycles. The van der Waals surface area contributed by atoms with Crippen molar-refractivity contribution in [2.45, 2.75) is 11.8 Å². The van der Waals surface area contributed by atoms with E-state index in [2.05, 4.69) is 44.6 Å². The topological polar surface area (TPSA) is 9.23 Å². The summed E-state index contributed by atoms with van der Waals surface area (Å²) in [6.45, 7) is 0.718. The highest BCUT2D eigenvalue weighted by atomic mass is 127. The molecule has 2 aromatic rings. The summed E-state index contributed by atoms with van der Waals surface area (Å²) in [7, 11) is 0. The fourth-order valence-electron chi connectivity index (χ4n) is 2.34. The lowest BCUT2D eigenvalue weighted by atomic mass is 10.0. The van der Waals surface area contributed by atoms with Gasteiger partial charge in [-0.15, -0.1) is 11.6 Å². The summed E-state index contributed by atoms with van der Waals surface area (Å²) in [5.41, 5.74) is 3.18. The van der Waals surface area contributed by atoms with E-state index in [1.165, 1.54) is 5.56 Å². The van der Waals surface area contributed by atoms with Crippen LogP contribution < -0.4 is 4.74 Å². The zero-order valence-corrected chi connectivity index (χ0v) is 15.6. The van der Waals surface area contributed by atoms with Crippen molar-refractivity contribution < 1.29 is 4.74 Å². The highest BCUT2D eigenvalue weighted by Gasteiger charge is 2.23. The van der Waals surface area contributed by atoms with Crippen LogP contribution in [0.25, 0.3) is 0 Å². The van der Waals surface area contributed by atoms with Crippen LogP contribution in [0.4, 0.5) is 0 Å². The molecule has 0 saturated carbocycles. The van der Waals surface area contributed by atoms with E-state index in [0.29, 0.717) is 0 Å². The third-order valence-electron chi connectivity index (χ3n) is 3.29. The van der Waals surface area contributed by atoms with Crippen molar-refractivity contribution in [2.24, 2.45) is 0 Å². The van der Waals surface area contributed by atoms with Gasteiger partial charge in [0, 0.05) is 20.0 Å². The number of fused-ring (bicyclic) bond motifs is 1. The minimum Gasteiger partial charge on any atom is -0.493 e. The molecule has 0 amide bonds. The molecule has 3 rings (SSSR count). The Morgan fingerprint density at radius 1 is 1.25 bits per heavy atom. The van der Waals surface area contributed by atoms with Crippen molar-refractivity contribution in [1.29, 1.82) is 0 Å². The van der Waals surface area contributed by atoms with Gasteiger partial charge in [-0.25, -0.2) is 0 Å². The lowest BCUT2D eigenvalue weighted by molar-refractivity contribution is 0.353. The molecule has 0 saturated heterocycles. The molecule has 104 valence electrons. The van der Waals surface area contributed by atoms with Crippen molar-refractivity contribution in [3.05, 3.63) is 60.1 Å². The number of ether oxygens (including phenoxy) is 1. The normalized spacial score (nSPS) is 14.8. The molecule has 1 aliphatic heterocycles. The van der Waals surface area contributed by atoms with E-state index in [9.17, 15) is 0 Å². The van der Waals surface area contributed by atoms with Crippen molar-refractivity contribution in [2.75, 3.05) is 6.61 Å². The number of benzene rings is 2. The zero-order chi connectivity index (χ0) is 14.3. The van der Waals surface area contributed by atoms with E-state index >= 15 is 0 Å². The second kappa shape index (κ2) is 6.03. The van der Waals surface area contributed by atoms with Crippen LogP contribution in [0.15, 0.2) is 34.8 Å². The molecule has 0 aliphatic carbocycles. The number of halogens is 4. The molecular weight excluding hydrogens is 474 g/mol. The average molecular weight is 484 g/mol. The van der Waals surface area contributed by atoms with E-state index in [4.69, 9.17) is 27.9 Å². The van der Waals surface area contributed by atoms with Crippen molar-refractivity contribution in [3.8, 4) is 5.75 Å². The Balaban J connectivity index is 2.06. The van der Waals surface area contributed by atoms with Gasteiger partial charge in [0.15, 0.2) is 0 Å². The molecule has 1 nitrogen and oxygen atoms in total. The van der Waals surface area contributed by atoms with Crippen molar-refractivity contribution in [3.63, 3.8) is 0 Å². The Labute approximate surface area is 149 Å². The molecule has 0 radical (unpaired) electrons. The summed E-state index contributed by atoms with van der Waals surface area (Å²) in [6, 6.07) is 10.0. The van der Waals surface area contributed by atoms with Gasteiger partial charge in [-0.05, 0) is 58.0 Å². The first kappa shape index (κ1) is 14.9. The first-order valence-corrected chi connectivity index (χ1v) is 8.79. The molecular formula is C15H10BrCl2IO. The minimum absolute atomic E-state index is 0.270. The van der Waals surface area contributed by atoms with E-state index in [-0.39, 0.29) is 5.38 Å². The van der Waals surface area contributed by atoms with Gasteiger partial charge in [-0.1, -0.05) is 33.6 Å². The second-order valence-corrected chi connectivity index (χ2v) is 7.54. The van der Waals surface area contributed by atoms with Crippen LogP contribution in [0.3, 0.4) is 0 Å². The summed E-state index contributed by atoms with van der Waals surface area (Å²) in [5, 5.41) is 0.454. The summed E-state index contributed by atoms with van der Waals surface area (Å²) >= 11 is 18.6. The second-order valence-electron chi connectivity index (χ2n) is 4.62. The zero-order valence-electron chi connectivity index (χ0n) is 10.3. The van der Waals surface area contributed by atoms with Crippen LogP contribution in [0.1, 0.15) is 22.1 Å². The number of hydrogen-bond donors (Lipinski definition) is 0. The van der Waals surface area contributed by atoms with E-state index in [0.717, 1.165) is 43.0 Å². The van der Waals surface area contributed by atoms with Crippen LogP contribution in [0, 0.1) is 3.57 Å². The van der Waals surface area contributed by atoms with Gasteiger partial charge < -0.3 is 4.74 Å². The summed E-state index contributed by atoms with van der Waals surface area (Å²) in [6.07, 6.45) is 0.929. The third kappa shape index (κ3) is 2.82. The Hall–Kier alpha value is 0.0300. The minimum atomic E-state index is -0.270. The van der Waals surface area contributed by atoms with E-state index in [1.807, 2.05) is 24.3 Å². The maximum absolute atomic E-state index is 6.65. The van der Waals surface area contributed by atoms with Gasteiger partial charge >= 0.3 is 0 Å². The molecule has 0 fully saturated rings. The molecule has 2 aromatic carbocycles. The molecule has 1 heterocycles. The summed E-state index contributed by atoms with van der Waals surface area (Å²) in [5.74, 6) is 0.919. The highest BCUT2D eigenvalue weighted by Crippen LogP contribution is 2.42. The fourth-order valence-corrected chi connectivity index (χ4v) is 3.68. The van der Waals surface area contributed by atoms with Gasteiger partial charge in [0.25, 0.3) is 0 Å². The molecule has 0 spiro atoms. The van der Waals surface area contributed by atoms with Crippen molar-refractivity contribution in [1.82, 2.24) is 0 Å². The first-order chi connectivity index (χ1) is 9.56. The summed E-state index contributed by atoms with van der Waals surface area (Å²) in [4.78, 5) is 0. The Morgan fingerprint density at radius 3 is 2.80 bits per heavy atom. The Morgan fingerprint density at radius 2 is 2.05 bits per heavy atom. The van der Waals surface area contributed by atoms with Crippen molar-refractivity contribution >= 4 is 61.7 Å². The predicted molar refractivity (Wildman–Crippen MR) is 95.2 cm³/mol. The van der Waals surface area contributed by atoms with Gasteiger partial charge in [0.1, 0.15) is 5.75 Å². The van der Waals surface area contributed by atoms with Gasteiger partial charge in [-0.3, -0.25) is 0 Å². The van der Waals surface area contributed by atoms with Crippen LogP contribution in [-0.4, -0.2) is 6.61 Å². The van der Waals surface area contributed by atoms with Gasteiger partial charge in [-0.2, -0.15) is 0 Å². The maximum atomic E-state index is 6.65. The van der Waals surface area contributed by atoms with E-state index < -0.39 is 0 Å². The van der Waals surface area contributed by atoms with Crippen LogP contribution in [0.2, 0.25) is 5.02 Å². The highest BCUT2D eigenvalue weighted by molar-refractivity contribution is 14.1. The summed E-state index contributed by atoms with van der Waals surface area (Å²) < 4.78 is 7.79. The largest absolute Gasteiger partial charge is 0.493 e. The molecule has 1 unspecified atom stereocenters. The van der Waals surface area contributed by atoms with Crippen LogP contribution >= 0.6 is 61.7 Å². The molecule has 0 bridgehead atoms. The number of alkyl halides is 1. The maximum Gasteiger partial charge on any atom is 0.127 e. The first-order valence-electron chi connectivity index (χ1n) is 6.10. The molecule has 20 heavy (non-hydrogen) atoms. The van der Waals surface area contributed by atoms with E-state index in [1.54, 1.807) is 0 Å². The monoisotopic (exact) mass is 482 g/mol. The Bertz CT molecular complexity index is 675. The molecule has 1 atom stereocenters. The molecule has 1 aliphatic rings. The lowest BCUT2D eigenvalue weighted by Gasteiger charge is -2.15. The SMILES string of the molecule is Clc1cc(C(Cl)c2cc(Br)cc3c2OCC3)ccc1I. The quantitative estimate of drug-likeness (QED) is 0.378. The van der Waals surface area contributed by atoms with Gasteiger partial charge in [0.2, 0.25) is 0 Å². The standard InChI is InChI=1S/C15H10BrCl2IO/c16-10-5-9-3-4-20-15(9)11(7-10)14(18)8-1-2-13(19)12(17)6-8/h1-2,5-7,14H,3-4H2. The Kier molecular flexibility index (Phi) is 4.51. The van der Waals surface area contributed by atoms with Gasteiger partial charge in [0.05, 0.1) is 17.0 Å². The van der Waals surface area contributed by atoms with Crippen LogP contribution in [0.5, 0.6) is 5.75 Å². The molecule has 0 N–H and O–H groups in total. The third-order valence-corrected chi connectivity index (χ3v) is 5.80. The van der Waals surface area contributed by atoms with Crippen LogP contribution in [-0.2, 0) is 6.42 Å². The molecule has 5 heteroatoms. The average Bonchev–Trinajstić information content (AvgIpc) is 2.88. The lowest BCUT2D eigenvalue weighted by Crippen LogP contribution is -1.98. The number of hydrogen-bond acceptors (Lipinski definition) is 1. The predicted octanol–water partition coefficient (Wildman–Crippen LogP) is 5.97. The number of rotatable bonds is 2. The smallest absolute Gasteiger partial charge is 0.127 e. The fraction of sp³-hybridized carbons (Fsp3) is 0.200.